The van der Waals surface area contributed by atoms with Gasteiger partial charge in [-0.3, -0.25) is 19.5 Å². The number of rotatable bonds is 8. The smallest absolute Gasteiger partial charge is 0.332 e. The van der Waals surface area contributed by atoms with Crippen molar-refractivity contribution >= 4 is 17.6 Å². The Bertz CT molecular complexity index is 897. The minimum Gasteiger partial charge on any atom is -0.493 e. The molecule has 30 heavy (non-hydrogen) atoms. The predicted octanol–water partition coefficient (Wildman–Crippen LogP) is 3.14. The highest BCUT2D eigenvalue weighted by atomic mass is 16.5. The fraction of sp³-hybridized carbons (Fsp3) is 0.391. The van der Waals surface area contributed by atoms with Crippen LogP contribution >= 0.6 is 0 Å². The zero-order chi connectivity index (χ0) is 20.9. The van der Waals surface area contributed by atoms with Crippen LogP contribution in [-0.4, -0.2) is 61.6 Å². The first-order valence-corrected chi connectivity index (χ1v) is 10.3. The van der Waals surface area contributed by atoms with Crippen LogP contribution < -0.4 is 14.4 Å². The summed E-state index contributed by atoms with van der Waals surface area (Å²) >= 11 is 0. The molecule has 2 heterocycles. The molecule has 0 N–H and O–H groups in total. The van der Waals surface area contributed by atoms with Crippen LogP contribution in [0.2, 0.25) is 0 Å². The number of hydrogen-bond acceptors (Lipinski definition) is 5. The van der Waals surface area contributed by atoms with E-state index in [9.17, 15) is 9.59 Å². The Balaban J connectivity index is 1.42. The molecule has 0 bridgehead atoms. The fourth-order valence-electron chi connectivity index (χ4n) is 3.90. The third-order valence-electron chi connectivity index (χ3n) is 5.56. The van der Waals surface area contributed by atoms with Crippen LogP contribution in [0.4, 0.5) is 10.5 Å². The summed E-state index contributed by atoms with van der Waals surface area (Å²) in [6.07, 6.45) is 2.50. The Morgan fingerprint density at radius 1 is 0.967 bits per heavy atom. The Kier molecular flexibility index (Phi) is 6.18. The van der Waals surface area contributed by atoms with E-state index in [0.717, 1.165) is 25.2 Å². The molecule has 0 spiro atoms. The monoisotopic (exact) mass is 409 g/mol. The quantitative estimate of drug-likeness (QED) is 0.627. The van der Waals surface area contributed by atoms with Crippen molar-refractivity contribution in [3.05, 3.63) is 54.1 Å². The topological polar surface area (TPSA) is 62.3 Å². The van der Waals surface area contributed by atoms with E-state index in [2.05, 4.69) is 4.90 Å². The zero-order valence-corrected chi connectivity index (χ0v) is 17.3. The van der Waals surface area contributed by atoms with Gasteiger partial charge in [-0.25, -0.2) is 4.79 Å². The van der Waals surface area contributed by atoms with Crippen molar-refractivity contribution in [2.45, 2.75) is 19.4 Å². The van der Waals surface area contributed by atoms with Crippen LogP contribution in [0.3, 0.4) is 0 Å². The first-order chi connectivity index (χ1) is 14.7. The molecule has 0 unspecified atom stereocenters. The van der Waals surface area contributed by atoms with Crippen molar-refractivity contribution in [1.29, 1.82) is 0 Å². The summed E-state index contributed by atoms with van der Waals surface area (Å²) < 4.78 is 11.4. The normalized spacial score (nSPS) is 17.1. The van der Waals surface area contributed by atoms with Gasteiger partial charge in [-0.2, -0.15) is 0 Å². The molecule has 7 nitrogen and oxygen atoms in total. The van der Waals surface area contributed by atoms with Crippen LogP contribution in [0.15, 0.2) is 48.5 Å². The number of hydrogen-bond donors (Lipinski definition) is 0. The molecule has 158 valence electrons. The number of likely N-dealkylation sites (tertiary alicyclic amines) is 1. The third-order valence-corrected chi connectivity index (χ3v) is 5.56. The molecule has 4 rings (SSSR count). The molecule has 2 fully saturated rings. The van der Waals surface area contributed by atoms with Crippen molar-refractivity contribution in [2.24, 2.45) is 0 Å². The molecule has 2 aliphatic heterocycles. The van der Waals surface area contributed by atoms with Gasteiger partial charge in [0.15, 0.2) is 11.5 Å². The van der Waals surface area contributed by atoms with Gasteiger partial charge in [0, 0.05) is 18.3 Å². The minimum atomic E-state index is -0.325. The second-order valence-electron chi connectivity index (χ2n) is 7.57. The molecule has 0 atom stereocenters. The molecule has 0 aromatic heterocycles. The van der Waals surface area contributed by atoms with Crippen molar-refractivity contribution < 1.29 is 19.1 Å². The van der Waals surface area contributed by atoms with Crippen LogP contribution in [0, 0.1) is 0 Å². The average Bonchev–Trinajstić information content (AvgIpc) is 3.38. The summed E-state index contributed by atoms with van der Waals surface area (Å²) in [7, 11) is 1.57. The van der Waals surface area contributed by atoms with Crippen LogP contribution in [0.25, 0.3) is 0 Å². The summed E-state index contributed by atoms with van der Waals surface area (Å²) in [6.45, 7) is 4.02. The highest BCUT2D eigenvalue weighted by Gasteiger charge is 2.37. The van der Waals surface area contributed by atoms with Crippen LogP contribution in [-0.2, 0) is 11.3 Å². The number of carbonyl (C=O) groups excluding carboxylic acids is 2. The number of urea groups is 1. The van der Waals surface area contributed by atoms with Crippen molar-refractivity contribution in [3.63, 3.8) is 0 Å². The molecular weight excluding hydrogens is 382 g/mol. The van der Waals surface area contributed by atoms with E-state index in [4.69, 9.17) is 9.47 Å². The molecule has 0 radical (unpaired) electrons. The lowest BCUT2D eigenvalue weighted by Crippen LogP contribution is -2.32. The van der Waals surface area contributed by atoms with Gasteiger partial charge in [0.1, 0.15) is 13.2 Å². The fourth-order valence-corrected chi connectivity index (χ4v) is 3.90. The van der Waals surface area contributed by atoms with E-state index in [0.29, 0.717) is 23.8 Å². The Morgan fingerprint density at radius 3 is 2.47 bits per heavy atom. The second-order valence-corrected chi connectivity index (χ2v) is 7.57. The lowest BCUT2D eigenvalue weighted by molar-refractivity contribution is -0.125. The molecule has 0 saturated carbocycles. The predicted molar refractivity (Wildman–Crippen MR) is 114 cm³/mol. The summed E-state index contributed by atoms with van der Waals surface area (Å²) in [4.78, 5) is 30.5. The molecule has 2 aliphatic rings. The molecular formula is C23H27N3O4. The lowest BCUT2D eigenvalue weighted by Gasteiger charge is -2.20. The highest BCUT2D eigenvalue weighted by Crippen LogP contribution is 2.33. The SMILES string of the molecule is COc1cc(N2CC(=O)N(Cc3ccccc3)C2=O)ccc1OCCN1CCCC1. The van der Waals surface area contributed by atoms with Crippen molar-refractivity contribution in [3.8, 4) is 11.5 Å². The largest absolute Gasteiger partial charge is 0.493 e. The van der Waals surface area contributed by atoms with Gasteiger partial charge < -0.3 is 9.47 Å². The van der Waals surface area contributed by atoms with Gasteiger partial charge in [0.05, 0.1) is 13.7 Å². The van der Waals surface area contributed by atoms with Crippen LogP contribution in [0.1, 0.15) is 18.4 Å². The number of anilines is 1. The van der Waals surface area contributed by atoms with Crippen molar-refractivity contribution in [2.75, 3.05) is 44.8 Å². The number of nitrogens with zero attached hydrogens (tertiary/aromatic N) is 3. The lowest BCUT2D eigenvalue weighted by atomic mass is 10.2. The standard InChI is InChI=1S/C23H27N3O4/c1-29-21-15-19(9-10-20(21)30-14-13-24-11-5-6-12-24)25-17-22(27)26(23(25)28)16-18-7-3-2-4-8-18/h2-4,7-10,15H,5-6,11-14,16-17H2,1H3. The molecule has 0 aliphatic carbocycles. The minimum absolute atomic E-state index is 0.0178. The van der Waals surface area contributed by atoms with Crippen LogP contribution in [0.5, 0.6) is 11.5 Å². The van der Waals surface area contributed by atoms with E-state index in [-0.39, 0.29) is 25.0 Å². The number of benzene rings is 2. The van der Waals surface area contributed by atoms with Gasteiger partial charge >= 0.3 is 6.03 Å². The maximum atomic E-state index is 12.9. The first kappa shape index (κ1) is 20.2. The van der Waals surface area contributed by atoms with Gasteiger partial charge in [-0.1, -0.05) is 30.3 Å². The molecule has 2 aromatic carbocycles. The summed E-state index contributed by atoms with van der Waals surface area (Å²) in [5.74, 6) is 0.976. The number of ether oxygens (including phenoxy) is 2. The summed E-state index contributed by atoms with van der Waals surface area (Å²) in [5.41, 5.74) is 1.54. The number of methoxy groups -OCH3 is 1. The van der Waals surface area contributed by atoms with E-state index < -0.39 is 0 Å². The molecule has 3 amide bonds. The molecule has 2 aromatic rings. The van der Waals surface area contributed by atoms with Gasteiger partial charge in [0.25, 0.3) is 5.91 Å². The van der Waals surface area contributed by atoms with Gasteiger partial charge in [-0.05, 0) is 43.6 Å². The van der Waals surface area contributed by atoms with Gasteiger partial charge in [-0.15, -0.1) is 0 Å². The Morgan fingerprint density at radius 2 is 1.73 bits per heavy atom. The van der Waals surface area contributed by atoms with Gasteiger partial charge in [0.2, 0.25) is 0 Å². The number of imide groups is 1. The zero-order valence-electron chi connectivity index (χ0n) is 17.3. The molecule has 2 saturated heterocycles. The van der Waals surface area contributed by atoms with E-state index >= 15 is 0 Å². The Labute approximate surface area is 176 Å². The second kappa shape index (κ2) is 9.17. The molecule has 7 heteroatoms. The summed E-state index contributed by atoms with van der Waals surface area (Å²) in [5, 5.41) is 0. The summed E-state index contributed by atoms with van der Waals surface area (Å²) in [6, 6.07) is 14.5. The first-order valence-electron chi connectivity index (χ1n) is 10.3. The van der Waals surface area contributed by atoms with E-state index in [1.807, 2.05) is 30.3 Å². The van der Waals surface area contributed by atoms with E-state index in [1.54, 1.807) is 25.3 Å². The van der Waals surface area contributed by atoms with E-state index in [1.165, 1.54) is 22.6 Å². The maximum absolute atomic E-state index is 12.9. The average molecular weight is 409 g/mol. The third kappa shape index (κ3) is 4.41. The Hall–Kier alpha value is -3.06. The number of amides is 3. The van der Waals surface area contributed by atoms with Crippen molar-refractivity contribution in [1.82, 2.24) is 9.80 Å². The highest BCUT2D eigenvalue weighted by molar-refractivity contribution is 6.12. The number of carbonyl (C=O) groups is 2. The maximum Gasteiger partial charge on any atom is 0.332 e.